The number of guanidine groups is 1. The minimum absolute atomic E-state index is 0.0943. The van der Waals surface area contributed by atoms with Crippen molar-refractivity contribution in [2.45, 2.75) is 64.5 Å². The fourth-order valence-electron chi connectivity index (χ4n) is 4.13. The van der Waals surface area contributed by atoms with Gasteiger partial charge in [0.15, 0.2) is 5.96 Å². The van der Waals surface area contributed by atoms with Crippen LogP contribution in [0.4, 0.5) is 5.82 Å². The molecule has 3 N–H and O–H groups in total. The maximum absolute atomic E-state index is 10.4. The van der Waals surface area contributed by atoms with E-state index in [0.717, 1.165) is 63.5 Å². The van der Waals surface area contributed by atoms with E-state index in [2.05, 4.69) is 40.4 Å². The Labute approximate surface area is 163 Å². The monoisotopic (exact) mass is 373 g/mol. The maximum Gasteiger partial charge on any atom is 0.191 e. The lowest BCUT2D eigenvalue weighted by atomic mass is 9.73. The molecule has 3 rings (SSSR count). The number of piperidine rings is 1. The molecule has 27 heavy (non-hydrogen) atoms. The molecule has 2 fully saturated rings. The molecule has 1 aliphatic carbocycles. The predicted octanol–water partition coefficient (Wildman–Crippen LogP) is 2.55. The molecule has 6 heteroatoms. The van der Waals surface area contributed by atoms with Crippen molar-refractivity contribution in [3.05, 3.63) is 24.4 Å². The van der Waals surface area contributed by atoms with Crippen molar-refractivity contribution in [2.24, 2.45) is 10.4 Å². The number of hydrogen-bond donors (Lipinski definition) is 3. The Bertz CT molecular complexity index is 600. The zero-order valence-electron chi connectivity index (χ0n) is 16.8. The molecule has 1 saturated heterocycles. The van der Waals surface area contributed by atoms with E-state index >= 15 is 0 Å². The summed E-state index contributed by atoms with van der Waals surface area (Å²) in [6.45, 7) is 7.80. The molecule has 0 amide bonds. The third kappa shape index (κ3) is 5.34. The molecule has 2 aliphatic rings. The smallest absolute Gasteiger partial charge is 0.191 e. The first-order chi connectivity index (χ1) is 13.1. The van der Waals surface area contributed by atoms with Crippen LogP contribution in [-0.2, 0) is 0 Å². The van der Waals surface area contributed by atoms with Crippen LogP contribution in [0.3, 0.4) is 0 Å². The summed E-state index contributed by atoms with van der Waals surface area (Å²) in [5, 5.41) is 17.4. The first kappa shape index (κ1) is 19.9. The molecule has 2 unspecified atom stereocenters. The zero-order valence-corrected chi connectivity index (χ0v) is 16.8. The molecule has 0 bridgehead atoms. The first-order valence-electron chi connectivity index (χ1n) is 10.5. The number of hydrogen-bond acceptors (Lipinski definition) is 4. The van der Waals surface area contributed by atoms with E-state index in [9.17, 15) is 5.11 Å². The minimum atomic E-state index is -0.237. The first-order valence-corrected chi connectivity index (χ1v) is 10.5. The fourth-order valence-corrected chi connectivity index (χ4v) is 4.13. The predicted molar refractivity (Wildman–Crippen MR) is 111 cm³/mol. The van der Waals surface area contributed by atoms with Crippen LogP contribution in [0.5, 0.6) is 0 Å². The van der Waals surface area contributed by atoms with Crippen LogP contribution in [-0.4, -0.2) is 54.4 Å². The van der Waals surface area contributed by atoms with Gasteiger partial charge in [0.2, 0.25) is 0 Å². The summed E-state index contributed by atoms with van der Waals surface area (Å²) in [6, 6.07) is 6.51. The van der Waals surface area contributed by atoms with Gasteiger partial charge in [0.05, 0.1) is 12.6 Å². The highest BCUT2D eigenvalue weighted by Gasteiger charge is 2.35. The normalized spacial score (nSPS) is 27.4. The Hall–Kier alpha value is -1.82. The van der Waals surface area contributed by atoms with Crippen molar-refractivity contribution >= 4 is 11.8 Å². The van der Waals surface area contributed by atoms with Gasteiger partial charge in [-0.05, 0) is 44.7 Å². The number of nitrogens with one attached hydrogen (secondary N) is 2. The molecule has 150 valence electrons. The van der Waals surface area contributed by atoms with Gasteiger partial charge in [0.25, 0.3) is 0 Å². The Morgan fingerprint density at radius 2 is 2.11 bits per heavy atom. The Kier molecular flexibility index (Phi) is 6.94. The molecule has 6 nitrogen and oxygen atoms in total. The number of aliphatic imine (C=N–C) groups is 1. The van der Waals surface area contributed by atoms with Gasteiger partial charge in [-0.3, -0.25) is 4.99 Å². The highest BCUT2D eigenvalue weighted by Crippen LogP contribution is 2.36. The topological polar surface area (TPSA) is 72.8 Å². The second kappa shape index (κ2) is 9.40. The van der Waals surface area contributed by atoms with Crippen LogP contribution in [0.15, 0.2) is 29.4 Å². The number of aromatic nitrogens is 1. The third-order valence-electron chi connectivity index (χ3n) is 6.03. The van der Waals surface area contributed by atoms with Crippen molar-refractivity contribution in [3.63, 3.8) is 0 Å². The van der Waals surface area contributed by atoms with Crippen molar-refractivity contribution < 1.29 is 5.11 Å². The summed E-state index contributed by atoms with van der Waals surface area (Å²) in [7, 11) is 0. The van der Waals surface area contributed by atoms with Crippen LogP contribution in [0.25, 0.3) is 0 Å². The van der Waals surface area contributed by atoms with Gasteiger partial charge in [-0.2, -0.15) is 0 Å². The number of aliphatic hydroxyl groups is 1. The number of aliphatic hydroxyl groups excluding tert-OH is 1. The molecule has 1 aliphatic heterocycles. The maximum atomic E-state index is 10.4. The summed E-state index contributed by atoms with van der Waals surface area (Å²) < 4.78 is 0. The Balaban J connectivity index is 1.54. The second-order valence-electron chi connectivity index (χ2n) is 8.20. The van der Waals surface area contributed by atoms with Gasteiger partial charge in [-0.1, -0.05) is 25.8 Å². The summed E-state index contributed by atoms with van der Waals surface area (Å²) in [6.07, 6.45) is 8.05. The average molecular weight is 374 g/mol. The van der Waals surface area contributed by atoms with E-state index in [1.165, 1.54) is 6.42 Å². The van der Waals surface area contributed by atoms with Gasteiger partial charge in [-0.25, -0.2) is 4.98 Å². The zero-order chi connectivity index (χ0) is 19.1. The molecule has 0 radical (unpaired) electrons. The quantitative estimate of drug-likeness (QED) is 0.546. The largest absolute Gasteiger partial charge is 0.392 e. The van der Waals surface area contributed by atoms with Gasteiger partial charge in [-0.15, -0.1) is 0 Å². The highest BCUT2D eigenvalue weighted by molar-refractivity contribution is 5.80. The molecule has 1 aromatic heterocycles. The van der Waals surface area contributed by atoms with Crippen LogP contribution < -0.4 is 15.5 Å². The average Bonchev–Trinajstić information content (AvgIpc) is 2.70. The van der Waals surface area contributed by atoms with Gasteiger partial charge in [0, 0.05) is 37.3 Å². The molecular formula is C21H35N5O. The van der Waals surface area contributed by atoms with Crippen molar-refractivity contribution in [1.29, 1.82) is 0 Å². The summed E-state index contributed by atoms with van der Waals surface area (Å²) in [4.78, 5) is 11.6. The number of rotatable bonds is 5. The molecule has 2 heterocycles. The van der Waals surface area contributed by atoms with Crippen LogP contribution >= 0.6 is 0 Å². The lowest BCUT2D eigenvalue weighted by Gasteiger charge is -2.37. The van der Waals surface area contributed by atoms with Crippen molar-refractivity contribution in [2.75, 3.05) is 31.1 Å². The third-order valence-corrected chi connectivity index (χ3v) is 6.03. The minimum Gasteiger partial charge on any atom is -0.392 e. The van der Waals surface area contributed by atoms with Gasteiger partial charge in [0.1, 0.15) is 5.82 Å². The standard InChI is InChI=1S/C21H35N5O/c1-3-22-20(24-16-21(2)12-6-4-8-18(21)27)25-17-10-14-26(15-11-17)19-9-5-7-13-23-19/h5,7,9,13,17-18,27H,3-4,6,8,10-12,14-16H2,1-2H3,(H2,22,24,25). The van der Waals surface area contributed by atoms with E-state index < -0.39 is 0 Å². The van der Waals surface area contributed by atoms with Crippen LogP contribution in [0, 0.1) is 5.41 Å². The van der Waals surface area contributed by atoms with E-state index in [1.807, 2.05) is 18.3 Å². The lowest BCUT2D eigenvalue weighted by molar-refractivity contribution is 0.00715. The van der Waals surface area contributed by atoms with Crippen molar-refractivity contribution in [1.82, 2.24) is 15.6 Å². The van der Waals surface area contributed by atoms with Crippen LogP contribution in [0.1, 0.15) is 52.4 Å². The van der Waals surface area contributed by atoms with Crippen LogP contribution in [0.2, 0.25) is 0 Å². The highest BCUT2D eigenvalue weighted by atomic mass is 16.3. The van der Waals surface area contributed by atoms with Gasteiger partial charge >= 0.3 is 0 Å². The SMILES string of the molecule is CCNC(=NCC1(C)CCCCC1O)NC1CCN(c2ccccn2)CC1. The molecule has 0 spiro atoms. The summed E-state index contributed by atoms with van der Waals surface area (Å²) in [5.74, 6) is 1.95. The summed E-state index contributed by atoms with van der Waals surface area (Å²) >= 11 is 0. The number of anilines is 1. The molecule has 2 atom stereocenters. The molecule has 1 saturated carbocycles. The Morgan fingerprint density at radius 3 is 2.78 bits per heavy atom. The number of nitrogens with zero attached hydrogens (tertiary/aromatic N) is 3. The lowest BCUT2D eigenvalue weighted by Crippen LogP contribution is -2.49. The molecule has 1 aromatic rings. The van der Waals surface area contributed by atoms with E-state index in [4.69, 9.17) is 4.99 Å². The van der Waals surface area contributed by atoms with Gasteiger partial charge < -0.3 is 20.6 Å². The number of pyridine rings is 1. The Morgan fingerprint density at radius 1 is 1.30 bits per heavy atom. The molecular weight excluding hydrogens is 338 g/mol. The van der Waals surface area contributed by atoms with E-state index in [-0.39, 0.29) is 11.5 Å². The fraction of sp³-hybridized carbons (Fsp3) is 0.714. The van der Waals surface area contributed by atoms with E-state index in [1.54, 1.807) is 0 Å². The van der Waals surface area contributed by atoms with Crippen molar-refractivity contribution in [3.8, 4) is 0 Å². The molecule has 0 aromatic carbocycles. The van der Waals surface area contributed by atoms with E-state index in [0.29, 0.717) is 12.6 Å². The summed E-state index contributed by atoms with van der Waals surface area (Å²) in [5.41, 5.74) is -0.0943. The second-order valence-corrected chi connectivity index (χ2v) is 8.20.